The summed E-state index contributed by atoms with van der Waals surface area (Å²) in [6.45, 7) is 0.473. The molecule has 0 saturated carbocycles. The first-order valence-electron chi connectivity index (χ1n) is 5.58. The Morgan fingerprint density at radius 2 is 2.11 bits per heavy atom. The Kier molecular flexibility index (Phi) is 4.61. The monoisotopic (exact) mass is 335 g/mol. The summed E-state index contributed by atoms with van der Waals surface area (Å²) in [6, 6.07) is 2.17. The summed E-state index contributed by atoms with van der Waals surface area (Å²) in [5, 5.41) is 2.59. The third-order valence-corrected chi connectivity index (χ3v) is 4.50. The van der Waals surface area contributed by atoms with Crippen LogP contribution in [0, 0.1) is 17.6 Å². The lowest BCUT2D eigenvalue weighted by molar-refractivity contribution is 0.0940. The van der Waals surface area contributed by atoms with Gasteiger partial charge in [-0.1, -0.05) is 15.9 Å². The summed E-state index contributed by atoms with van der Waals surface area (Å²) >= 11 is 4.81. The molecule has 1 N–H and O–H groups in total. The lowest BCUT2D eigenvalue weighted by atomic mass is 10.1. The Morgan fingerprint density at radius 3 is 2.67 bits per heavy atom. The van der Waals surface area contributed by atoms with Gasteiger partial charge in [-0.2, -0.15) is 11.8 Å². The maximum absolute atomic E-state index is 13.5. The Balaban J connectivity index is 2.04. The van der Waals surface area contributed by atoms with Gasteiger partial charge in [-0.25, -0.2) is 8.78 Å². The molecule has 18 heavy (non-hydrogen) atoms. The average Bonchev–Trinajstić information content (AvgIpc) is 2.77. The molecule has 1 heterocycles. The first kappa shape index (κ1) is 13.8. The van der Waals surface area contributed by atoms with Gasteiger partial charge >= 0.3 is 0 Å². The van der Waals surface area contributed by atoms with Crippen LogP contribution in [-0.4, -0.2) is 24.0 Å². The van der Waals surface area contributed by atoms with Crippen LogP contribution in [0.1, 0.15) is 16.8 Å². The number of halogens is 3. The van der Waals surface area contributed by atoms with E-state index in [0.717, 1.165) is 30.1 Å². The number of thioether (sulfide) groups is 1. The number of carbonyl (C=O) groups is 1. The van der Waals surface area contributed by atoms with Gasteiger partial charge in [-0.15, -0.1) is 0 Å². The second-order valence-electron chi connectivity index (χ2n) is 4.18. The minimum atomic E-state index is -0.847. The molecule has 1 aromatic carbocycles. The highest BCUT2D eigenvalue weighted by atomic mass is 79.9. The molecule has 2 nitrogen and oxygen atoms in total. The molecule has 0 aromatic heterocycles. The second kappa shape index (κ2) is 6.02. The molecule has 1 aliphatic rings. The van der Waals surface area contributed by atoms with Crippen LogP contribution in [0.15, 0.2) is 16.6 Å². The van der Waals surface area contributed by atoms with Gasteiger partial charge in [0.15, 0.2) is 0 Å². The van der Waals surface area contributed by atoms with E-state index in [-0.39, 0.29) is 4.47 Å². The highest BCUT2D eigenvalue weighted by Gasteiger charge is 2.21. The van der Waals surface area contributed by atoms with Crippen molar-refractivity contribution in [1.29, 1.82) is 0 Å². The van der Waals surface area contributed by atoms with Gasteiger partial charge in [-0.05, 0) is 36.0 Å². The zero-order valence-corrected chi connectivity index (χ0v) is 11.9. The van der Waals surface area contributed by atoms with Crippen molar-refractivity contribution >= 4 is 33.6 Å². The van der Waals surface area contributed by atoms with Crippen molar-refractivity contribution in [1.82, 2.24) is 5.32 Å². The van der Waals surface area contributed by atoms with Crippen molar-refractivity contribution in [2.24, 2.45) is 5.92 Å². The third-order valence-electron chi connectivity index (χ3n) is 2.81. The van der Waals surface area contributed by atoms with Gasteiger partial charge in [0.2, 0.25) is 0 Å². The predicted molar refractivity (Wildman–Crippen MR) is 71.8 cm³/mol. The number of benzene rings is 1. The number of amides is 1. The molecule has 1 atom stereocenters. The van der Waals surface area contributed by atoms with Gasteiger partial charge in [0.05, 0.1) is 0 Å². The van der Waals surface area contributed by atoms with E-state index < -0.39 is 23.1 Å². The number of hydrogen-bond acceptors (Lipinski definition) is 2. The van der Waals surface area contributed by atoms with Gasteiger partial charge in [-0.3, -0.25) is 4.79 Å². The Labute approximate surface area is 117 Å². The second-order valence-corrected chi connectivity index (χ2v) is 6.25. The summed E-state index contributed by atoms with van der Waals surface area (Å²) in [6.07, 6.45) is 1.04. The summed E-state index contributed by atoms with van der Waals surface area (Å²) < 4.78 is 27.3. The Bertz CT molecular complexity index is 440. The zero-order chi connectivity index (χ0) is 13.1. The van der Waals surface area contributed by atoms with Crippen LogP contribution in [0.2, 0.25) is 0 Å². The molecule has 6 heteroatoms. The van der Waals surface area contributed by atoms with Crippen molar-refractivity contribution < 1.29 is 13.6 Å². The van der Waals surface area contributed by atoms with E-state index in [9.17, 15) is 13.6 Å². The van der Waals surface area contributed by atoms with Crippen molar-refractivity contribution in [3.63, 3.8) is 0 Å². The summed E-state index contributed by atoms with van der Waals surface area (Å²) in [5.74, 6) is 0.0999. The predicted octanol–water partition coefficient (Wildman–Crippen LogP) is 3.21. The molecule has 1 aromatic rings. The summed E-state index contributed by atoms with van der Waals surface area (Å²) in [5.41, 5.74) is -0.510. The molecule has 1 amide bonds. The van der Waals surface area contributed by atoms with Crippen molar-refractivity contribution in [2.45, 2.75) is 6.42 Å². The van der Waals surface area contributed by atoms with E-state index >= 15 is 0 Å². The highest BCUT2D eigenvalue weighted by molar-refractivity contribution is 9.10. The molecular weight excluding hydrogens is 324 g/mol. The molecular formula is C12H12BrF2NOS. The van der Waals surface area contributed by atoms with Crippen LogP contribution >= 0.6 is 27.7 Å². The van der Waals surface area contributed by atoms with Gasteiger partial charge < -0.3 is 5.32 Å². The van der Waals surface area contributed by atoms with Crippen molar-refractivity contribution in [3.05, 3.63) is 33.8 Å². The SMILES string of the molecule is O=C(NCC1CCSC1)c1c(F)cc(Br)cc1F. The molecule has 1 unspecified atom stereocenters. The Hall–Kier alpha value is -0.620. The number of nitrogens with one attached hydrogen (secondary N) is 1. The fraction of sp³-hybridized carbons (Fsp3) is 0.417. The van der Waals surface area contributed by atoms with E-state index in [4.69, 9.17) is 0 Å². The summed E-state index contributed by atoms with van der Waals surface area (Å²) in [4.78, 5) is 11.7. The number of rotatable bonds is 3. The minimum absolute atomic E-state index is 0.279. The van der Waals surface area contributed by atoms with Crippen LogP contribution in [0.3, 0.4) is 0 Å². The number of hydrogen-bond donors (Lipinski definition) is 1. The van der Waals surface area contributed by atoms with E-state index in [1.54, 1.807) is 0 Å². The standard InChI is InChI=1S/C12H12BrF2NOS/c13-8-3-9(14)11(10(15)4-8)12(17)16-5-7-1-2-18-6-7/h3-4,7H,1-2,5-6H2,(H,16,17). The smallest absolute Gasteiger partial charge is 0.257 e. The Morgan fingerprint density at radius 1 is 1.44 bits per heavy atom. The largest absolute Gasteiger partial charge is 0.352 e. The molecule has 1 aliphatic heterocycles. The molecule has 0 spiro atoms. The van der Waals surface area contributed by atoms with Gasteiger partial charge in [0, 0.05) is 11.0 Å². The van der Waals surface area contributed by atoms with Crippen LogP contribution < -0.4 is 5.32 Å². The quantitative estimate of drug-likeness (QED) is 0.918. The zero-order valence-electron chi connectivity index (χ0n) is 9.51. The molecule has 1 fully saturated rings. The first-order chi connectivity index (χ1) is 8.58. The fourth-order valence-electron chi connectivity index (χ4n) is 1.83. The van der Waals surface area contributed by atoms with E-state index in [1.165, 1.54) is 0 Å². The lowest BCUT2D eigenvalue weighted by Crippen LogP contribution is -2.30. The van der Waals surface area contributed by atoms with Gasteiger partial charge in [0.25, 0.3) is 5.91 Å². The molecule has 1 saturated heterocycles. The lowest BCUT2D eigenvalue weighted by Gasteiger charge is -2.11. The van der Waals surface area contributed by atoms with E-state index in [1.807, 2.05) is 11.8 Å². The first-order valence-corrected chi connectivity index (χ1v) is 7.53. The maximum Gasteiger partial charge on any atom is 0.257 e. The summed E-state index contributed by atoms with van der Waals surface area (Å²) in [7, 11) is 0. The average molecular weight is 336 g/mol. The van der Waals surface area contributed by atoms with Crippen LogP contribution in [0.4, 0.5) is 8.78 Å². The normalized spacial score (nSPS) is 18.9. The van der Waals surface area contributed by atoms with Crippen LogP contribution in [0.5, 0.6) is 0 Å². The maximum atomic E-state index is 13.5. The van der Waals surface area contributed by atoms with Crippen molar-refractivity contribution in [3.8, 4) is 0 Å². The van der Waals surface area contributed by atoms with Crippen molar-refractivity contribution in [2.75, 3.05) is 18.1 Å². The molecule has 0 aliphatic carbocycles. The van der Waals surface area contributed by atoms with Crippen LogP contribution in [-0.2, 0) is 0 Å². The topological polar surface area (TPSA) is 29.1 Å². The third kappa shape index (κ3) is 3.23. The number of carbonyl (C=O) groups excluding carboxylic acids is 1. The van der Waals surface area contributed by atoms with Crippen LogP contribution in [0.25, 0.3) is 0 Å². The fourth-order valence-corrected chi connectivity index (χ4v) is 3.52. The van der Waals surface area contributed by atoms with E-state index in [0.29, 0.717) is 12.5 Å². The molecule has 0 bridgehead atoms. The molecule has 98 valence electrons. The molecule has 2 rings (SSSR count). The minimum Gasteiger partial charge on any atom is -0.352 e. The highest BCUT2D eigenvalue weighted by Crippen LogP contribution is 2.23. The molecule has 0 radical (unpaired) electrons. The van der Waals surface area contributed by atoms with E-state index in [2.05, 4.69) is 21.2 Å². The van der Waals surface area contributed by atoms with Gasteiger partial charge in [0.1, 0.15) is 17.2 Å².